The van der Waals surface area contributed by atoms with Crippen LogP contribution in [0.5, 0.6) is 5.75 Å². The van der Waals surface area contributed by atoms with Gasteiger partial charge in [0.2, 0.25) is 5.91 Å². The van der Waals surface area contributed by atoms with Gasteiger partial charge in [-0.25, -0.2) is 0 Å². The Kier molecular flexibility index (Phi) is 5.82. The van der Waals surface area contributed by atoms with E-state index in [-0.39, 0.29) is 16.9 Å². The number of primary amides is 1. The molecule has 2 aromatic carbocycles. The zero-order chi connectivity index (χ0) is 21.9. The monoisotopic (exact) mass is 414 g/mol. The maximum Gasteiger partial charge on any atom is 0.402 e. The smallest absolute Gasteiger partial charge is 0.402 e. The Balaban J connectivity index is 2.27. The number of nitrogens with two attached hydrogens (primary N) is 1. The molecule has 3 aromatic rings. The molecule has 0 aliphatic heterocycles. The summed E-state index contributed by atoms with van der Waals surface area (Å²) in [4.78, 5) is 15.9. The van der Waals surface area contributed by atoms with Crippen molar-refractivity contribution in [1.82, 2.24) is 4.98 Å². The van der Waals surface area contributed by atoms with E-state index in [0.29, 0.717) is 5.56 Å². The second kappa shape index (κ2) is 8.18. The predicted octanol–water partition coefficient (Wildman–Crippen LogP) is 4.79. The lowest BCUT2D eigenvalue weighted by Gasteiger charge is -2.36. The first kappa shape index (κ1) is 21.4. The van der Waals surface area contributed by atoms with Crippen molar-refractivity contribution in [3.8, 4) is 16.9 Å². The van der Waals surface area contributed by atoms with Crippen LogP contribution in [0, 0.1) is 6.92 Å². The van der Waals surface area contributed by atoms with Crippen molar-refractivity contribution < 1.29 is 22.7 Å². The van der Waals surface area contributed by atoms with Crippen molar-refractivity contribution in [2.75, 3.05) is 7.11 Å². The number of hydrogen-bond donors (Lipinski definition) is 1. The van der Waals surface area contributed by atoms with E-state index >= 15 is 0 Å². The van der Waals surface area contributed by atoms with Crippen LogP contribution in [0.25, 0.3) is 11.1 Å². The topological polar surface area (TPSA) is 65.2 Å². The molecule has 0 fully saturated rings. The van der Waals surface area contributed by atoms with E-state index in [4.69, 9.17) is 10.5 Å². The van der Waals surface area contributed by atoms with Crippen molar-refractivity contribution in [3.05, 3.63) is 83.7 Å². The highest BCUT2D eigenvalue weighted by Crippen LogP contribution is 2.50. The van der Waals surface area contributed by atoms with Gasteiger partial charge in [-0.3, -0.25) is 9.78 Å². The number of carbonyl (C=O) groups excluding carboxylic acids is 1. The number of methoxy groups -OCH3 is 1. The number of carbonyl (C=O) groups is 1. The van der Waals surface area contributed by atoms with Crippen LogP contribution in [0.1, 0.15) is 23.2 Å². The molecule has 0 aliphatic rings. The summed E-state index contributed by atoms with van der Waals surface area (Å²) in [6.07, 6.45) is -4.07. The molecule has 7 heteroatoms. The van der Waals surface area contributed by atoms with Gasteiger partial charge in [0.25, 0.3) is 0 Å². The third-order valence-corrected chi connectivity index (χ3v) is 5.09. The van der Waals surface area contributed by atoms with Crippen LogP contribution >= 0.6 is 0 Å². The van der Waals surface area contributed by atoms with E-state index in [1.165, 1.54) is 43.5 Å². The van der Waals surface area contributed by atoms with Gasteiger partial charge in [-0.2, -0.15) is 13.2 Å². The first-order valence-corrected chi connectivity index (χ1v) is 9.21. The summed E-state index contributed by atoms with van der Waals surface area (Å²) in [5.41, 5.74) is 4.65. The molecule has 1 atom stereocenters. The van der Waals surface area contributed by atoms with Crippen LogP contribution in [0.2, 0.25) is 0 Å². The summed E-state index contributed by atoms with van der Waals surface area (Å²) in [5, 5.41) is 0. The van der Waals surface area contributed by atoms with Crippen molar-refractivity contribution in [2.24, 2.45) is 5.73 Å². The van der Waals surface area contributed by atoms with Crippen molar-refractivity contribution in [2.45, 2.75) is 24.9 Å². The number of aryl methyl sites for hydroxylation is 1. The zero-order valence-electron chi connectivity index (χ0n) is 16.5. The van der Waals surface area contributed by atoms with Gasteiger partial charge in [0, 0.05) is 23.9 Å². The van der Waals surface area contributed by atoms with Crippen LogP contribution in [0.15, 0.2) is 66.9 Å². The summed E-state index contributed by atoms with van der Waals surface area (Å²) >= 11 is 0. The first-order valence-electron chi connectivity index (χ1n) is 9.21. The molecule has 0 bridgehead atoms. The number of hydrogen-bond acceptors (Lipinski definition) is 3. The molecule has 156 valence electrons. The van der Waals surface area contributed by atoms with E-state index in [1.807, 2.05) is 13.0 Å². The lowest BCUT2D eigenvalue weighted by Crippen LogP contribution is -2.46. The Labute approximate surface area is 172 Å². The van der Waals surface area contributed by atoms with Gasteiger partial charge >= 0.3 is 6.18 Å². The number of amides is 1. The van der Waals surface area contributed by atoms with Crippen molar-refractivity contribution in [1.29, 1.82) is 0 Å². The molecule has 4 nitrogen and oxygen atoms in total. The number of ether oxygens (including phenoxy) is 1. The normalized spacial score (nSPS) is 13.5. The van der Waals surface area contributed by atoms with Gasteiger partial charge in [-0.1, -0.05) is 42.5 Å². The number of aromatic nitrogens is 1. The second-order valence-electron chi connectivity index (χ2n) is 7.01. The number of benzene rings is 2. The fourth-order valence-corrected chi connectivity index (χ4v) is 3.69. The molecule has 1 heterocycles. The number of nitrogens with zero attached hydrogens (tertiary/aromatic N) is 1. The molecular formula is C23H21F3N2O2. The van der Waals surface area contributed by atoms with Gasteiger partial charge in [-0.15, -0.1) is 0 Å². The Morgan fingerprint density at radius 3 is 2.30 bits per heavy atom. The molecule has 0 saturated carbocycles. The summed E-state index contributed by atoms with van der Waals surface area (Å²) in [6.45, 7) is 1.82. The Morgan fingerprint density at radius 1 is 1.03 bits per heavy atom. The van der Waals surface area contributed by atoms with E-state index < -0.39 is 23.9 Å². The minimum absolute atomic E-state index is 0.0640. The Morgan fingerprint density at radius 2 is 1.73 bits per heavy atom. The van der Waals surface area contributed by atoms with E-state index in [9.17, 15) is 18.0 Å². The van der Waals surface area contributed by atoms with E-state index in [2.05, 4.69) is 4.98 Å². The van der Waals surface area contributed by atoms with Crippen molar-refractivity contribution >= 4 is 5.91 Å². The Hall–Kier alpha value is -3.35. The molecule has 0 spiro atoms. The summed E-state index contributed by atoms with van der Waals surface area (Å²) in [7, 11) is 1.39. The maximum absolute atomic E-state index is 14.6. The number of alkyl halides is 3. The van der Waals surface area contributed by atoms with Gasteiger partial charge < -0.3 is 10.5 Å². The van der Waals surface area contributed by atoms with Gasteiger partial charge in [0.1, 0.15) is 11.2 Å². The molecule has 1 aromatic heterocycles. The lowest BCUT2D eigenvalue weighted by molar-refractivity contribution is -0.182. The van der Waals surface area contributed by atoms with E-state index in [0.717, 1.165) is 11.3 Å². The minimum Gasteiger partial charge on any atom is -0.496 e. The molecule has 0 radical (unpaired) electrons. The zero-order valence-corrected chi connectivity index (χ0v) is 16.5. The van der Waals surface area contributed by atoms with Crippen LogP contribution in [-0.4, -0.2) is 24.2 Å². The highest BCUT2D eigenvalue weighted by molar-refractivity contribution is 5.78. The largest absolute Gasteiger partial charge is 0.496 e. The Bertz CT molecular complexity index is 1050. The molecule has 30 heavy (non-hydrogen) atoms. The summed E-state index contributed by atoms with van der Waals surface area (Å²) in [5.74, 6) is -0.795. The molecule has 2 N–H and O–H groups in total. The average Bonchev–Trinajstić information content (AvgIpc) is 2.71. The van der Waals surface area contributed by atoms with Crippen LogP contribution < -0.4 is 10.5 Å². The van der Waals surface area contributed by atoms with Crippen LogP contribution in [0.4, 0.5) is 13.2 Å². The van der Waals surface area contributed by atoms with Crippen LogP contribution in [0.3, 0.4) is 0 Å². The fourth-order valence-electron chi connectivity index (χ4n) is 3.69. The predicted molar refractivity (Wildman–Crippen MR) is 108 cm³/mol. The SMILES string of the molecule is COc1cc(C(CC(N)=O)(c2ccccc2)C(F)(F)F)ccc1-c1ccnc(C)c1. The molecule has 1 unspecified atom stereocenters. The number of halogens is 3. The lowest BCUT2D eigenvalue weighted by atomic mass is 9.70. The maximum atomic E-state index is 14.6. The molecular weight excluding hydrogens is 393 g/mol. The average molecular weight is 414 g/mol. The molecule has 3 rings (SSSR count). The number of rotatable bonds is 6. The third-order valence-electron chi connectivity index (χ3n) is 5.09. The van der Waals surface area contributed by atoms with Gasteiger partial charge in [-0.05, 0) is 41.8 Å². The first-order chi connectivity index (χ1) is 14.2. The quantitative estimate of drug-likeness (QED) is 0.631. The number of pyridine rings is 1. The third kappa shape index (κ3) is 3.87. The molecule has 1 amide bonds. The summed E-state index contributed by atoms with van der Waals surface area (Å²) < 4.78 is 49.1. The van der Waals surface area contributed by atoms with E-state index in [1.54, 1.807) is 24.4 Å². The second-order valence-corrected chi connectivity index (χ2v) is 7.01. The highest BCUT2D eigenvalue weighted by Gasteiger charge is 2.58. The van der Waals surface area contributed by atoms with Crippen molar-refractivity contribution in [3.63, 3.8) is 0 Å². The summed E-state index contributed by atoms with van der Waals surface area (Å²) in [6, 6.07) is 15.1. The van der Waals surface area contributed by atoms with Gasteiger partial charge in [0.15, 0.2) is 0 Å². The van der Waals surface area contributed by atoms with Crippen LogP contribution in [-0.2, 0) is 10.2 Å². The van der Waals surface area contributed by atoms with Gasteiger partial charge in [0.05, 0.1) is 7.11 Å². The highest BCUT2D eigenvalue weighted by atomic mass is 19.4. The fraction of sp³-hybridized carbons (Fsp3) is 0.217. The molecule has 0 aliphatic carbocycles. The standard InChI is InChI=1S/C23H21F3N2O2/c1-15-12-16(10-11-28-15)19-9-8-18(13-20(19)30-2)22(14-21(27)29,23(24,25)26)17-6-4-3-5-7-17/h3-13H,14H2,1-2H3,(H2,27,29). The minimum atomic E-state index is -4.77. The molecule has 0 saturated heterocycles.